The maximum Gasteiger partial charge on any atom is 0.328 e. The van der Waals surface area contributed by atoms with E-state index in [0.29, 0.717) is 6.42 Å². The number of rotatable bonds is 4. The Labute approximate surface area is 125 Å². The van der Waals surface area contributed by atoms with Crippen LogP contribution in [0.1, 0.15) is 26.3 Å². The van der Waals surface area contributed by atoms with E-state index in [-0.39, 0.29) is 18.4 Å². The zero-order valence-corrected chi connectivity index (χ0v) is 12.9. The number of thiol groups is 1. The smallest absolute Gasteiger partial charge is 0.328 e. The Morgan fingerprint density at radius 3 is 2.35 bits per heavy atom. The average Bonchev–Trinajstić information content (AvgIpc) is 2.38. The van der Waals surface area contributed by atoms with Crippen LogP contribution in [-0.2, 0) is 6.42 Å². The number of urea groups is 1. The second-order valence-electron chi connectivity index (χ2n) is 5.68. The van der Waals surface area contributed by atoms with Crippen LogP contribution in [0, 0.1) is 0 Å². The van der Waals surface area contributed by atoms with Gasteiger partial charge in [-0.25, -0.2) is 4.79 Å². The van der Waals surface area contributed by atoms with E-state index in [4.69, 9.17) is 0 Å². The third-order valence-electron chi connectivity index (χ3n) is 2.79. The molecule has 1 aromatic rings. The van der Waals surface area contributed by atoms with Gasteiger partial charge in [-0.15, -0.1) is 0 Å². The molecular weight excluding hydrogens is 276 g/mol. The minimum atomic E-state index is -0.411. The number of phenolic OH excluding ortho intramolecular Hbond substituents is 1. The van der Waals surface area contributed by atoms with Gasteiger partial charge in [-0.3, -0.25) is 4.31 Å². The lowest BCUT2D eigenvalue weighted by Gasteiger charge is -2.31. The van der Waals surface area contributed by atoms with Gasteiger partial charge < -0.3 is 15.5 Å². The average molecular weight is 298 g/mol. The molecular formula is C14H22N2O3S. The number of benzene rings is 1. The molecule has 0 aliphatic carbocycles. The first-order valence-corrected chi connectivity index (χ1v) is 6.82. The molecule has 2 amide bonds. The summed E-state index contributed by atoms with van der Waals surface area (Å²) in [7, 11) is 0. The van der Waals surface area contributed by atoms with Gasteiger partial charge in [-0.2, -0.15) is 0 Å². The summed E-state index contributed by atoms with van der Waals surface area (Å²) in [5.41, 5.74) is 0.509. The van der Waals surface area contributed by atoms with Gasteiger partial charge >= 0.3 is 6.03 Å². The molecule has 0 fully saturated rings. The highest BCUT2D eigenvalue weighted by Crippen LogP contribution is 2.16. The second-order valence-corrected chi connectivity index (χ2v) is 6.08. The van der Waals surface area contributed by atoms with Crippen molar-refractivity contribution in [2.45, 2.75) is 38.8 Å². The third kappa shape index (κ3) is 4.94. The van der Waals surface area contributed by atoms with Gasteiger partial charge in [0, 0.05) is 5.54 Å². The van der Waals surface area contributed by atoms with Crippen LogP contribution in [0.5, 0.6) is 5.75 Å². The van der Waals surface area contributed by atoms with Gasteiger partial charge in [-0.05, 0) is 44.9 Å². The highest BCUT2D eigenvalue weighted by atomic mass is 32.1. The van der Waals surface area contributed by atoms with E-state index in [1.165, 1.54) is 4.31 Å². The fourth-order valence-electron chi connectivity index (χ4n) is 1.62. The van der Waals surface area contributed by atoms with E-state index < -0.39 is 11.6 Å². The first-order valence-electron chi connectivity index (χ1n) is 6.42. The number of hydrogen-bond acceptors (Lipinski definition) is 4. The van der Waals surface area contributed by atoms with Crippen LogP contribution >= 0.6 is 12.8 Å². The van der Waals surface area contributed by atoms with Gasteiger partial charge in [0.15, 0.2) is 0 Å². The lowest BCUT2D eigenvalue weighted by atomic mass is 10.1. The summed E-state index contributed by atoms with van der Waals surface area (Å²) in [6.45, 7) is 5.44. The number of carbonyl (C=O) groups excluding carboxylic acids is 1. The lowest BCUT2D eigenvalue weighted by Crippen LogP contribution is -2.49. The Morgan fingerprint density at radius 2 is 1.90 bits per heavy atom. The molecule has 0 bridgehead atoms. The summed E-state index contributed by atoms with van der Waals surface area (Å²) >= 11 is 4.17. The van der Waals surface area contributed by atoms with Crippen LogP contribution in [0.2, 0.25) is 0 Å². The van der Waals surface area contributed by atoms with Crippen molar-refractivity contribution in [3.8, 4) is 5.75 Å². The highest BCUT2D eigenvalue weighted by Gasteiger charge is 2.25. The van der Waals surface area contributed by atoms with Gasteiger partial charge in [0.25, 0.3) is 0 Å². The molecule has 0 spiro atoms. The number of hydrogen-bond donors (Lipinski definition) is 4. The van der Waals surface area contributed by atoms with Crippen LogP contribution < -0.4 is 5.32 Å². The minimum Gasteiger partial charge on any atom is -0.508 e. The molecule has 0 aliphatic heterocycles. The van der Waals surface area contributed by atoms with Crippen LogP contribution in [0.4, 0.5) is 4.79 Å². The quantitative estimate of drug-likeness (QED) is 0.642. The zero-order chi connectivity index (χ0) is 15.3. The number of aromatic hydroxyl groups is 1. The summed E-state index contributed by atoms with van der Waals surface area (Å²) in [5.74, 6) is 0.188. The van der Waals surface area contributed by atoms with Gasteiger partial charge in [0.2, 0.25) is 0 Å². The van der Waals surface area contributed by atoms with Crippen molar-refractivity contribution in [2.24, 2.45) is 0 Å². The Hall–Kier alpha value is -1.40. The van der Waals surface area contributed by atoms with E-state index >= 15 is 0 Å². The van der Waals surface area contributed by atoms with E-state index in [9.17, 15) is 15.0 Å². The van der Waals surface area contributed by atoms with Crippen LogP contribution in [0.15, 0.2) is 24.3 Å². The molecule has 6 heteroatoms. The molecule has 1 unspecified atom stereocenters. The molecule has 1 aromatic carbocycles. The van der Waals surface area contributed by atoms with E-state index in [0.717, 1.165) is 5.56 Å². The number of carbonyl (C=O) groups is 1. The molecule has 0 heterocycles. The predicted octanol–water partition coefficient (Wildman–Crippen LogP) is 1.95. The second kappa shape index (κ2) is 6.85. The SMILES string of the molecule is CC(C)(C)N(S)C(=O)NC(CO)Cc1ccc(O)cc1. The van der Waals surface area contributed by atoms with Crippen molar-refractivity contribution in [2.75, 3.05) is 6.61 Å². The normalized spacial score (nSPS) is 12.8. The number of nitrogens with one attached hydrogen (secondary N) is 1. The van der Waals surface area contributed by atoms with Crippen molar-refractivity contribution in [1.82, 2.24) is 9.62 Å². The summed E-state index contributed by atoms with van der Waals surface area (Å²) in [5, 5.41) is 21.3. The van der Waals surface area contributed by atoms with Crippen molar-refractivity contribution in [3.63, 3.8) is 0 Å². The summed E-state index contributed by atoms with van der Waals surface area (Å²) < 4.78 is 1.30. The third-order valence-corrected chi connectivity index (χ3v) is 3.58. The topological polar surface area (TPSA) is 72.8 Å². The zero-order valence-electron chi connectivity index (χ0n) is 12.0. The predicted molar refractivity (Wildman–Crippen MR) is 81.8 cm³/mol. The Kier molecular flexibility index (Phi) is 5.71. The highest BCUT2D eigenvalue weighted by molar-refractivity contribution is 7.78. The van der Waals surface area contributed by atoms with E-state index in [1.807, 2.05) is 20.8 Å². The Morgan fingerprint density at radius 1 is 1.35 bits per heavy atom. The van der Waals surface area contributed by atoms with E-state index in [1.54, 1.807) is 24.3 Å². The fraction of sp³-hybridized carbons (Fsp3) is 0.500. The standard InChI is InChI=1S/C14H22N2O3S/c1-14(2,3)16(20)13(19)15-11(9-17)8-10-4-6-12(18)7-5-10/h4-7,11,17-18,20H,8-9H2,1-3H3,(H,15,19). The summed E-state index contributed by atoms with van der Waals surface area (Å²) in [6, 6.07) is 5.92. The summed E-state index contributed by atoms with van der Waals surface area (Å²) in [4.78, 5) is 12.0. The lowest BCUT2D eigenvalue weighted by molar-refractivity contribution is 0.186. The molecule has 0 aromatic heterocycles. The molecule has 0 radical (unpaired) electrons. The molecule has 1 atom stereocenters. The molecule has 0 saturated heterocycles. The monoisotopic (exact) mass is 298 g/mol. The Balaban J connectivity index is 2.63. The van der Waals surface area contributed by atoms with Crippen molar-refractivity contribution >= 4 is 18.8 Å². The van der Waals surface area contributed by atoms with Crippen molar-refractivity contribution in [1.29, 1.82) is 0 Å². The molecule has 20 heavy (non-hydrogen) atoms. The maximum atomic E-state index is 12.0. The molecule has 5 nitrogen and oxygen atoms in total. The van der Waals surface area contributed by atoms with Gasteiger partial charge in [0.05, 0.1) is 12.6 Å². The molecule has 1 rings (SSSR count). The maximum absolute atomic E-state index is 12.0. The number of aliphatic hydroxyl groups is 1. The molecule has 0 aliphatic rings. The fourth-order valence-corrected chi connectivity index (χ4v) is 1.68. The molecule has 0 saturated carbocycles. The molecule has 3 N–H and O–H groups in total. The van der Waals surface area contributed by atoms with Crippen LogP contribution in [-0.4, -0.2) is 38.7 Å². The van der Waals surface area contributed by atoms with E-state index in [2.05, 4.69) is 18.1 Å². The number of amides is 2. The largest absolute Gasteiger partial charge is 0.508 e. The molecule has 112 valence electrons. The van der Waals surface area contributed by atoms with Gasteiger partial charge in [0.1, 0.15) is 5.75 Å². The first kappa shape index (κ1) is 16.7. The first-order chi connectivity index (χ1) is 9.24. The van der Waals surface area contributed by atoms with Gasteiger partial charge in [-0.1, -0.05) is 24.9 Å². The van der Waals surface area contributed by atoms with Crippen molar-refractivity contribution < 1.29 is 15.0 Å². The van der Waals surface area contributed by atoms with Crippen molar-refractivity contribution in [3.05, 3.63) is 29.8 Å². The van der Waals surface area contributed by atoms with Crippen LogP contribution in [0.3, 0.4) is 0 Å². The van der Waals surface area contributed by atoms with Crippen LogP contribution in [0.25, 0.3) is 0 Å². The number of nitrogens with zero attached hydrogens (tertiary/aromatic N) is 1. The minimum absolute atomic E-state index is 0.168. The summed E-state index contributed by atoms with van der Waals surface area (Å²) in [6.07, 6.45) is 0.480. The number of aliphatic hydroxyl groups excluding tert-OH is 1. The number of phenols is 1. The Bertz CT molecular complexity index is 443.